The predicted octanol–water partition coefficient (Wildman–Crippen LogP) is 2.23. The van der Waals surface area contributed by atoms with Crippen LogP contribution in [0.4, 0.5) is 5.82 Å². The number of hydrogen-bond donors (Lipinski definition) is 1. The van der Waals surface area contributed by atoms with Crippen molar-refractivity contribution < 1.29 is 0 Å². The topological polar surface area (TPSA) is 31.4 Å². The fourth-order valence-corrected chi connectivity index (χ4v) is 2.15. The van der Waals surface area contributed by atoms with Crippen molar-refractivity contribution in [3.05, 3.63) is 22.8 Å². The van der Waals surface area contributed by atoms with Gasteiger partial charge in [-0.05, 0) is 52.7 Å². The van der Waals surface area contributed by atoms with E-state index in [0.717, 1.165) is 49.0 Å². The summed E-state index contributed by atoms with van der Waals surface area (Å²) >= 11 is 6.14. The highest BCUT2D eigenvalue weighted by Crippen LogP contribution is 2.20. The van der Waals surface area contributed by atoms with Crippen LogP contribution in [0.5, 0.6) is 0 Å². The van der Waals surface area contributed by atoms with Gasteiger partial charge >= 0.3 is 0 Å². The third kappa shape index (κ3) is 5.35. The molecule has 4 nitrogen and oxygen atoms in total. The average molecular weight is 285 g/mol. The Morgan fingerprint density at radius 3 is 2.63 bits per heavy atom. The lowest BCUT2D eigenvalue weighted by Crippen LogP contribution is -2.28. The molecule has 0 aromatic carbocycles. The van der Waals surface area contributed by atoms with E-state index in [4.69, 9.17) is 11.6 Å². The molecular formula is C14H25ClN4. The van der Waals surface area contributed by atoms with E-state index in [9.17, 15) is 0 Å². The highest BCUT2D eigenvalue weighted by molar-refractivity contribution is 6.31. The molecule has 0 fully saturated rings. The molecule has 0 amide bonds. The van der Waals surface area contributed by atoms with Gasteiger partial charge in [0, 0.05) is 25.8 Å². The van der Waals surface area contributed by atoms with Gasteiger partial charge in [0.25, 0.3) is 0 Å². The maximum absolute atomic E-state index is 6.14. The largest absolute Gasteiger partial charge is 0.357 e. The van der Waals surface area contributed by atoms with Gasteiger partial charge in [0.15, 0.2) is 0 Å². The van der Waals surface area contributed by atoms with Gasteiger partial charge in [0.1, 0.15) is 5.82 Å². The molecule has 0 saturated heterocycles. The van der Waals surface area contributed by atoms with Crippen LogP contribution in [0.15, 0.2) is 12.3 Å². The summed E-state index contributed by atoms with van der Waals surface area (Å²) in [5, 5.41) is 3.85. The summed E-state index contributed by atoms with van der Waals surface area (Å²) in [6.07, 6.45) is 2.88. The van der Waals surface area contributed by atoms with Crippen molar-refractivity contribution >= 4 is 17.4 Å². The van der Waals surface area contributed by atoms with Crippen LogP contribution in [0.1, 0.15) is 18.9 Å². The zero-order valence-electron chi connectivity index (χ0n) is 12.4. The highest BCUT2D eigenvalue weighted by atomic mass is 35.5. The van der Waals surface area contributed by atoms with E-state index in [-0.39, 0.29) is 0 Å². The molecule has 5 heteroatoms. The van der Waals surface area contributed by atoms with Gasteiger partial charge in [-0.15, -0.1) is 0 Å². The number of hydrogen-bond acceptors (Lipinski definition) is 4. The normalized spacial score (nSPS) is 11.1. The summed E-state index contributed by atoms with van der Waals surface area (Å²) in [4.78, 5) is 8.94. The molecule has 0 aliphatic heterocycles. The second-order valence-electron chi connectivity index (χ2n) is 4.90. The van der Waals surface area contributed by atoms with Gasteiger partial charge in [0.2, 0.25) is 0 Å². The second-order valence-corrected chi connectivity index (χ2v) is 5.31. The maximum atomic E-state index is 6.14. The molecule has 0 aliphatic carbocycles. The molecule has 0 saturated carbocycles. The number of nitrogens with one attached hydrogen (secondary N) is 1. The molecule has 1 aromatic heterocycles. The Bertz CT molecular complexity index is 382. The monoisotopic (exact) mass is 284 g/mol. The summed E-state index contributed by atoms with van der Waals surface area (Å²) in [7, 11) is 6.12. The van der Waals surface area contributed by atoms with E-state index in [0.29, 0.717) is 0 Å². The smallest absolute Gasteiger partial charge is 0.128 e. The zero-order valence-corrected chi connectivity index (χ0v) is 13.2. The number of aromatic nitrogens is 1. The van der Waals surface area contributed by atoms with E-state index in [2.05, 4.69) is 47.2 Å². The van der Waals surface area contributed by atoms with E-state index in [1.807, 2.05) is 7.05 Å². The van der Waals surface area contributed by atoms with Crippen molar-refractivity contribution in [2.75, 3.05) is 45.7 Å². The van der Waals surface area contributed by atoms with Gasteiger partial charge in [-0.25, -0.2) is 4.98 Å². The molecule has 0 unspecified atom stereocenters. The number of halogens is 1. The third-order valence-electron chi connectivity index (χ3n) is 3.03. The van der Waals surface area contributed by atoms with Gasteiger partial charge in [-0.1, -0.05) is 11.6 Å². The van der Waals surface area contributed by atoms with Crippen LogP contribution >= 0.6 is 11.6 Å². The first kappa shape index (κ1) is 16.2. The van der Waals surface area contributed by atoms with E-state index >= 15 is 0 Å². The predicted molar refractivity (Wildman–Crippen MR) is 83.1 cm³/mol. The zero-order chi connectivity index (χ0) is 14.3. The van der Waals surface area contributed by atoms with Crippen molar-refractivity contribution in [2.45, 2.75) is 19.9 Å². The number of nitrogens with zero attached hydrogens (tertiary/aromatic N) is 3. The minimum atomic E-state index is 0.724. The van der Waals surface area contributed by atoms with Crippen LogP contribution in [-0.2, 0) is 6.54 Å². The fraction of sp³-hybridized carbons (Fsp3) is 0.643. The van der Waals surface area contributed by atoms with Gasteiger partial charge < -0.3 is 15.1 Å². The quantitative estimate of drug-likeness (QED) is 0.793. The Labute approximate surface area is 121 Å². The molecule has 1 N–H and O–H groups in total. The second kappa shape index (κ2) is 8.35. The van der Waals surface area contributed by atoms with Crippen molar-refractivity contribution in [2.24, 2.45) is 0 Å². The van der Waals surface area contributed by atoms with E-state index in [1.54, 1.807) is 6.20 Å². The van der Waals surface area contributed by atoms with Crippen LogP contribution < -0.4 is 10.2 Å². The molecule has 108 valence electrons. The molecule has 0 atom stereocenters. The van der Waals surface area contributed by atoms with Gasteiger partial charge in [0.05, 0.1) is 5.02 Å². The van der Waals surface area contributed by atoms with Crippen LogP contribution in [0.3, 0.4) is 0 Å². The average Bonchev–Trinajstić information content (AvgIpc) is 2.37. The molecule has 0 bridgehead atoms. The number of rotatable bonds is 8. The lowest BCUT2D eigenvalue weighted by molar-refractivity contribution is 0.400. The first-order valence-corrected chi connectivity index (χ1v) is 7.15. The summed E-state index contributed by atoms with van der Waals surface area (Å²) in [6, 6.07) is 2.08. The van der Waals surface area contributed by atoms with Crippen LogP contribution in [0.25, 0.3) is 0 Å². The SMILES string of the molecule is CCN(CCCN(C)C)c1cc(CNC)c(Cl)cn1. The van der Waals surface area contributed by atoms with Gasteiger partial charge in [-0.3, -0.25) is 0 Å². The van der Waals surface area contributed by atoms with E-state index in [1.165, 1.54) is 0 Å². The lowest BCUT2D eigenvalue weighted by Gasteiger charge is -2.23. The number of anilines is 1. The summed E-state index contributed by atoms with van der Waals surface area (Å²) in [6.45, 7) is 5.99. The minimum Gasteiger partial charge on any atom is -0.357 e. The minimum absolute atomic E-state index is 0.724. The first-order valence-electron chi connectivity index (χ1n) is 6.77. The fourth-order valence-electron chi connectivity index (χ4n) is 1.98. The van der Waals surface area contributed by atoms with Crippen LogP contribution in [0.2, 0.25) is 5.02 Å². The van der Waals surface area contributed by atoms with E-state index < -0.39 is 0 Å². The van der Waals surface area contributed by atoms with Crippen molar-refractivity contribution in [1.82, 2.24) is 15.2 Å². The molecule has 1 aromatic rings. The number of pyridine rings is 1. The van der Waals surface area contributed by atoms with Crippen molar-refractivity contribution in [3.8, 4) is 0 Å². The molecule has 0 radical (unpaired) electrons. The standard InChI is InChI=1S/C14H25ClN4/c1-5-19(8-6-7-18(3)4)14-9-12(10-16-2)13(15)11-17-14/h9,11,16H,5-8,10H2,1-4H3. The van der Waals surface area contributed by atoms with Crippen LogP contribution in [0, 0.1) is 0 Å². The lowest BCUT2D eigenvalue weighted by atomic mass is 10.2. The Kier molecular flexibility index (Phi) is 7.13. The molecule has 0 spiro atoms. The summed E-state index contributed by atoms with van der Waals surface area (Å²) < 4.78 is 0. The molecule has 0 aliphatic rings. The van der Waals surface area contributed by atoms with Gasteiger partial charge in [-0.2, -0.15) is 0 Å². The Hall–Kier alpha value is -0.840. The van der Waals surface area contributed by atoms with Crippen LogP contribution in [-0.4, -0.2) is 50.7 Å². The van der Waals surface area contributed by atoms with Crippen molar-refractivity contribution in [3.63, 3.8) is 0 Å². The summed E-state index contributed by atoms with van der Waals surface area (Å²) in [5.41, 5.74) is 1.10. The first-order chi connectivity index (χ1) is 9.08. The molecule has 1 rings (SSSR count). The molecule has 19 heavy (non-hydrogen) atoms. The Balaban J connectivity index is 2.71. The van der Waals surface area contributed by atoms with Crippen molar-refractivity contribution in [1.29, 1.82) is 0 Å². The third-order valence-corrected chi connectivity index (χ3v) is 3.37. The highest BCUT2D eigenvalue weighted by Gasteiger charge is 2.09. The Morgan fingerprint density at radius 2 is 2.05 bits per heavy atom. The molecule has 1 heterocycles. The maximum Gasteiger partial charge on any atom is 0.128 e. The summed E-state index contributed by atoms with van der Waals surface area (Å²) in [5.74, 6) is 1.01. The Morgan fingerprint density at radius 1 is 1.32 bits per heavy atom. The molecular weight excluding hydrogens is 260 g/mol.